The van der Waals surface area contributed by atoms with Crippen LogP contribution < -0.4 is 15.2 Å². The number of hydrogen-bond acceptors (Lipinski definition) is 6. The average molecular weight is 407 g/mol. The molecule has 0 saturated carbocycles. The van der Waals surface area contributed by atoms with E-state index in [1.54, 1.807) is 43.5 Å². The van der Waals surface area contributed by atoms with Crippen molar-refractivity contribution < 1.29 is 19.2 Å². The molecule has 0 aliphatic carbocycles. The summed E-state index contributed by atoms with van der Waals surface area (Å²) in [4.78, 5) is 26.4. The minimum absolute atomic E-state index is 0.0186. The number of hydrogen-bond donors (Lipinski definition) is 1. The highest BCUT2D eigenvalue weighted by atomic mass is 16.5. The van der Waals surface area contributed by atoms with Crippen LogP contribution in [-0.4, -0.2) is 41.0 Å². The van der Waals surface area contributed by atoms with Gasteiger partial charge in [0.05, 0.1) is 7.11 Å². The van der Waals surface area contributed by atoms with Gasteiger partial charge in [-0.15, -0.1) is 0 Å². The molecule has 154 valence electrons. The molecule has 8 heteroatoms. The first-order chi connectivity index (χ1) is 14.5. The van der Waals surface area contributed by atoms with Crippen molar-refractivity contribution in [2.75, 3.05) is 25.1 Å². The number of anilines is 1. The molecule has 1 fully saturated rings. The van der Waals surface area contributed by atoms with Gasteiger partial charge in [0.2, 0.25) is 0 Å². The molecule has 2 aliphatic heterocycles. The zero-order chi connectivity index (χ0) is 20.8. The van der Waals surface area contributed by atoms with Crippen LogP contribution in [0.3, 0.4) is 0 Å². The summed E-state index contributed by atoms with van der Waals surface area (Å²) in [5.41, 5.74) is 1.70. The fourth-order valence-corrected chi connectivity index (χ4v) is 4.70. The number of aromatic carboxylic acids is 1. The highest BCUT2D eigenvalue weighted by Crippen LogP contribution is 2.39. The maximum absolute atomic E-state index is 12.2. The number of benzene rings is 1. The number of nitrogens with zero attached hydrogens (tertiary/aromatic N) is 3. The van der Waals surface area contributed by atoms with Gasteiger partial charge in [-0.1, -0.05) is 11.2 Å². The lowest BCUT2D eigenvalue weighted by atomic mass is 9.83. The monoisotopic (exact) mass is 407 g/mol. The van der Waals surface area contributed by atoms with Crippen molar-refractivity contribution in [1.29, 1.82) is 0 Å². The van der Waals surface area contributed by atoms with E-state index in [0.29, 0.717) is 36.8 Å². The SMILES string of the molecule is COc1ccc(-c2onc(N3C[C@@H]4C[C@H](C3)c3cccc(=O)n3C4)c2C(=O)O)cc1. The quantitative estimate of drug-likeness (QED) is 0.710. The van der Waals surface area contributed by atoms with Crippen LogP contribution >= 0.6 is 0 Å². The van der Waals surface area contributed by atoms with Crippen molar-refractivity contribution in [1.82, 2.24) is 9.72 Å². The molecular formula is C22H21N3O5. The van der Waals surface area contributed by atoms with Gasteiger partial charge in [0, 0.05) is 42.9 Å². The highest BCUT2D eigenvalue weighted by molar-refractivity contribution is 5.99. The number of rotatable bonds is 4. The molecule has 5 rings (SSSR count). The lowest BCUT2D eigenvalue weighted by Gasteiger charge is -2.42. The van der Waals surface area contributed by atoms with E-state index in [9.17, 15) is 14.7 Å². The third kappa shape index (κ3) is 2.96. The van der Waals surface area contributed by atoms with Crippen LogP contribution in [0.5, 0.6) is 5.75 Å². The summed E-state index contributed by atoms with van der Waals surface area (Å²) in [7, 11) is 1.57. The van der Waals surface area contributed by atoms with E-state index in [0.717, 1.165) is 12.1 Å². The number of piperidine rings is 1. The lowest BCUT2D eigenvalue weighted by Crippen LogP contribution is -2.47. The molecule has 2 atom stereocenters. The number of carboxylic acid groups (broad SMARTS) is 1. The van der Waals surface area contributed by atoms with E-state index in [1.165, 1.54) is 0 Å². The minimum atomic E-state index is -1.08. The first-order valence-corrected chi connectivity index (χ1v) is 9.87. The van der Waals surface area contributed by atoms with Gasteiger partial charge in [0.25, 0.3) is 5.56 Å². The van der Waals surface area contributed by atoms with Gasteiger partial charge in [-0.25, -0.2) is 4.79 Å². The number of methoxy groups -OCH3 is 1. The van der Waals surface area contributed by atoms with Gasteiger partial charge in [0.1, 0.15) is 5.75 Å². The van der Waals surface area contributed by atoms with Gasteiger partial charge >= 0.3 is 5.97 Å². The van der Waals surface area contributed by atoms with Crippen LogP contribution in [0.15, 0.2) is 51.8 Å². The molecule has 3 aromatic rings. The Hall–Kier alpha value is -3.55. The smallest absolute Gasteiger partial charge is 0.343 e. The molecule has 1 aromatic carbocycles. The van der Waals surface area contributed by atoms with Crippen LogP contribution in [0.4, 0.5) is 5.82 Å². The molecule has 1 N–H and O–H groups in total. The van der Waals surface area contributed by atoms with Crippen LogP contribution in [0.2, 0.25) is 0 Å². The normalized spacial score (nSPS) is 20.0. The van der Waals surface area contributed by atoms with E-state index in [2.05, 4.69) is 5.16 Å². The maximum atomic E-state index is 12.2. The Kier molecular flexibility index (Phi) is 4.34. The van der Waals surface area contributed by atoms with Gasteiger partial charge < -0.3 is 23.8 Å². The van der Waals surface area contributed by atoms with E-state index in [-0.39, 0.29) is 28.7 Å². The predicted molar refractivity (Wildman–Crippen MR) is 109 cm³/mol. The van der Waals surface area contributed by atoms with E-state index < -0.39 is 5.97 Å². The number of ether oxygens (including phenoxy) is 1. The Bertz CT molecular complexity index is 1160. The van der Waals surface area contributed by atoms with Crippen LogP contribution in [-0.2, 0) is 6.54 Å². The molecular weight excluding hydrogens is 386 g/mol. The van der Waals surface area contributed by atoms with Crippen molar-refractivity contribution in [3.8, 4) is 17.1 Å². The molecule has 2 aromatic heterocycles. The number of aromatic nitrogens is 2. The Morgan fingerprint density at radius 1 is 1.17 bits per heavy atom. The second kappa shape index (κ2) is 7.05. The first-order valence-electron chi connectivity index (χ1n) is 9.87. The fourth-order valence-electron chi connectivity index (χ4n) is 4.70. The summed E-state index contributed by atoms with van der Waals surface area (Å²) in [6, 6.07) is 12.4. The van der Waals surface area contributed by atoms with Gasteiger partial charge in [-0.3, -0.25) is 4.79 Å². The van der Waals surface area contributed by atoms with Crippen molar-refractivity contribution in [2.45, 2.75) is 18.9 Å². The molecule has 1 saturated heterocycles. The van der Waals surface area contributed by atoms with E-state index >= 15 is 0 Å². The average Bonchev–Trinajstić information content (AvgIpc) is 3.20. The van der Waals surface area contributed by atoms with Crippen molar-refractivity contribution in [3.05, 3.63) is 64.1 Å². The molecule has 0 unspecified atom stereocenters. The summed E-state index contributed by atoms with van der Waals surface area (Å²) in [6.45, 7) is 1.86. The number of fused-ring (bicyclic) bond motifs is 4. The van der Waals surface area contributed by atoms with Gasteiger partial charge in [-0.2, -0.15) is 0 Å². The van der Waals surface area contributed by atoms with Crippen molar-refractivity contribution in [3.63, 3.8) is 0 Å². The molecule has 0 amide bonds. The van der Waals surface area contributed by atoms with Crippen molar-refractivity contribution >= 4 is 11.8 Å². The third-order valence-corrected chi connectivity index (χ3v) is 6.02. The molecule has 2 bridgehead atoms. The number of carbonyl (C=O) groups is 1. The number of pyridine rings is 1. The summed E-state index contributed by atoms with van der Waals surface area (Å²) in [5, 5.41) is 14.1. The van der Waals surface area contributed by atoms with Crippen molar-refractivity contribution in [2.24, 2.45) is 5.92 Å². The Balaban J connectivity index is 1.51. The second-order valence-electron chi connectivity index (χ2n) is 7.85. The zero-order valence-corrected chi connectivity index (χ0v) is 16.4. The summed E-state index contributed by atoms with van der Waals surface area (Å²) >= 11 is 0. The standard InChI is InChI=1S/C22H21N3O5/c1-29-16-7-5-14(6-8-16)20-19(22(27)28)21(23-30-20)24-10-13-9-15(12-24)17-3-2-4-18(26)25(17)11-13/h2-8,13,15H,9-12H2,1H3,(H,27,28)/t13-,15+/m0/s1. The Morgan fingerprint density at radius 2 is 1.97 bits per heavy atom. The first kappa shape index (κ1) is 18.5. The Morgan fingerprint density at radius 3 is 2.70 bits per heavy atom. The largest absolute Gasteiger partial charge is 0.497 e. The topological polar surface area (TPSA) is 97.8 Å². The second-order valence-corrected chi connectivity index (χ2v) is 7.85. The minimum Gasteiger partial charge on any atom is -0.497 e. The lowest BCUT2D eigenvalue weighted by molar-refractivity contribution is 0.0697. The molecule has 0 radical (unpaired) electrons. The Labute approximate surface area is 172 Å². The summed E-state index contributed by atoms with van der Waals surface area (Å²) < 4.78 is 12.5. The zero-order valence-electron chi connectivity index (χ0n) is 16.4. The van der Waals surface area contributed by atoms with Gasteiger partial charge in [0.15, 0.2) is 17.1 Å². The highest BCUT2D eigenvalue weighted by Gasteiger charge is 2.38. The molecule has 2 aliphatic rings. The number of carboxylic acids is 1. The predicted octanol–water partition coefficient (Wildman–Crippen LogP) is 2.83. The summed E-state index contributed by atoms with van der Waals surface area (Å²) in [6.07, 6.45) is 0.978. The van der Waals surface area contributed by atoms with Crippen LogP contribution in [0, 0.1) is 5.92 Å². The fraction of sp³-hybridized carbons (Fsp3) is 0.318. The maximum Gasteiger partial charge on any atom is 0.343 e. The van der Waals surface area contributed by atoms with E-state index in [4.69, 9.17) is 9.26 Å². The molecule has 8 nitrogen and oxygen atoms in total. The summed E-state index contributed by atoms with van der Waals surface area (Å²) in [5.74, 6) is 0.563. The van der Waals surface area contributed by atoms with Crippen LogP contribution in [0.1, 0.15) is 28.4 Å². The van der Waals surface area contributed by atoms with Crippen LogP contribution in [0.25, 0.3) is 11.3 Å². The van der Waals surface area contributed by atoms with E-state index in [1.807, 2.05) is 15.5 Å². The van der Waals surface area contributed by atoms with Gasteiger partial charge in [-0.05, 0) is 42.7 Å². The molecule has 30 heavy (non-hydrogen) atoms. The third-order valence-electron chi connectivity index (χ3n) is 6.02. The molecule has 4 heterocycles. The molecule has 0 spiro atoms.